The van der Waals surface area contributed by atoms with Crippen molar-refractivity contribution in [2.45, 2.75) is 44.8 Å². The van der Waals surface area contributed by atoms with E-state index in [4.69, 9.17) is 0 Å². The zero-order chi connectivity index (χ0) is 14.5. The van der Waals surface area contributed by atoms with Crippen molar-refractivity contribution in [3.8, 4) is 0 Å². The first kappa shape index (κ1) is 17.5. The maximum absolute atomic E-state index is 12.2. The molecule has 0 spiro atoms. The molecule has 110 valence electrons. The van der Waals surface area contributed by atoms with Gasteiger partial charge in [-0.15, -0.1) is 11.3 Å². The minimum atomic E-state index is -4.06. The number of hydrogen-bond acceptors (Lipinski definition) is 2. The van der Waals surface area contributed by atoms with Crippen LogP contribution in [0, 0.1) is 0 Å². The summed E-state index contributed by atoms with van der Waals surface area (Å²) in [5.74, 6) is 0. The van der Waals surface area contributed by atoms with E-state index >= 15 is 0 Å². The highest BCUT2D eigenvalue weighted by Crippen LogP contribution is 2.37. The van der Waals surface area contributed by atoms with Gasteiger partial charge >= 0.3 is 6.18 Å². The quantitative estimate of drug-likeness (QED) is 0.564. The van der Waals surface area contributed by atoms with Crippen molar-refractivity contribution >= 4 is 43.2 Å². The Balaban J connectivity index is 2.61. The molecule has 1 aromatic heterocycles. The van der Waals surface area contributed by atoms with Crippen molar-refractivity contribution in [2.75, 3.05) is 6.54 Å². The number of thiophene rings is 1. The van der Waals surface area contributed by atoms with Gasteiger partial charge in [0, 0.05) is 21.8 Å². The maximum atomic E-state index is 12.2. The highest BCUT2D eigenvalue weighted by Gasteiger charge is 2.27. The predicted molar refractivity (Wildman–Crippen MR) is 80.7 cm³/mol. The van der Waals surface area contributed by atoms with Crippen LogP contribution < -0.4 is 5.32 Å². The van der Waals surface area contributed by atoms with Crippen LogP contribution in [0.4, 0.5) is 13.2 Å². The first-order valence-electron chi connectivity index (χ1n) is 6.08. The molecule has 1 unspecified atom stereocenters. The van der Waals surface area contributed by atoms with Crippen LogP contribution in [0.5, 0.6) is 0 Å². The zero-order valence-corrected chi connectivity index (χ0v) is 14.5. The van der Waals surface area contributed by atoms with Crippen molar-refractivity contribution in [3.63, 3.8) is 0 Å². The summed E-state index contributed by atoms with van der Waals surface area (Å²) in [5.41, 5.74) is 0. The number of rotatable bonds is 7. The van der Waals surface area contributed by atoms with Gasteiger partial charge in [0.2, 0.25) is 0 Å². The Labute approximate surface area is 132 Å². The summed E-state index contributed by atoms with van der Waals surface area (Å²) < 4.78 is 38.5. The molecule has 1 aromatic rings. The second-order valence-corrected chi connectivity index (χ2v) is 7.54. The van der Waals surface area contributed by atoms with Crippen LogP contribution in [0.25, 0.3) is 0 Å². The number of hydrogen-bond donors (Lipinski definition) is 1. The monoisotopic (exact) mass is 421 g/mol. The number of halogens is 5. The molecule has 0 aliphatic carbocycles. The fourth-order valence-corrected chi connectivity index (χ4v) is 3.90. The van der Waals surface area contributed by atoms with Gasteiger partial charge < -0.3 is 5.32 Å². The van der Waals surface area contributed by atoms with Gasteiger partial charge in [0.1, 0.15) is 0 Å². The zero-order valence-electron chi connectivity index (χ0n) is 10.5. The van der Waals surface area contributed by atoms with Gasteiger partial charge in [-0.3, -0.25) is 0 Å². The van der Waals surface area contributed by atoms with E-state index in [9.17, 15) is 13.2 Å². The molecule has 19 heavy (non-hydrogen) atoms. The minimum absolute atomic E-state index is 0.00472. The number of alkyl halides is 3. The van der Waals surface area contributed by atoms with Crippen molar-refractivity contribution in [1.29, 1.82) is 0 Å². The molecule has 0 aromatic carbocycles. The average Bonchev–Trinajstić information content (AvgIpc) is 2.62. The summed E-state index contributed by atoms with van der Waals surface area (Å²) in [6, 6.07) is 1.96. The van der Waals surface area contributed by atoms with Gasteiger partial charge in [-0.1, -0.05) is 6.92 Å². The van der Waals surface area contributed by atoms with Gasteiger partial charge in [0.25, 0.3) is 0 Å². The summed E-state index contributed by atoms with van der Waals surface area (Å²) in [6.07, 6.45) is -3.17. The molecule has 0 saturated heterocycles. The lowest BCUT2D eigenvalue weighted by molar-refractivity contribution is -0.135. The molecule has 0 saturated carbocycles. The lowest BCUT2D eigenvalue weighted by Crippen LogP contribution is -2.22. The van der Waals surface area contributed by atoms with Crippen molar-refractivity contribution in [2.24, 2.45) is 0 Å². The first-order chi connectivity index (χ1) is 8.83. The van der Waals surface area contributed by atoms with Crippen molar-refractivity contribution < 1.29 is 13.2 Å². The van der Waals surface area contributed by atoms with Crippen LogP contribution in [-0.2, 0) is 0 Å². The van der Waals surface area contributed by atoms with Crippen LogP contribution in [0.2, 0.25) is 0 Å². The van der Waals surface area contributed by atoms with Gasteiger partial charge in [-0.25, -0.2) is 0 Å². The largest absolute Gasteiger partial charge is 0.389 e. The van der Waals surface area contributed by atoms with E-state index in [0.717, 1.165) is 26.1 Å². The fraction of sp³-hybridized carbons (Fsp3) is 0.667. The standard InChI is InChI=1S/C12H16Br2F3NS/c1-2-6-18-9(4-3-5-12(15,16)17)10-7-8(13)11(14)19-10/h7,9,18H,2-6H2,1H3. The van der Waals surface area contributed by atoms with Crippen LogP contribution in [0.15, 0.2) is 14.3 Å². The van der Waals surface area contributed by atoms with Gasteiger partial charge in [-0.2, -0.15) is 13.2 Å². The topological polar surface area (TPSA) is 12.0 Å². The molecule has 1 N–H and O–H groups in total. The van der Waals surface area contributed by atoms with Crippen LogP contribution in [0.1, 0.15) is 43.5 Å². The van der Waals surface area contributed by atoms with Crippen LogP contribution >= 0.6 is 43.2 Å². The lowest BCUT2D eigenvalue weighted by Gasteiger charge is -2.17. The predicted octanol–water partition coefficient (Wildman–Crippen LogP) is 6.05. The van der Waals surface area contributed by atoms with E-state index < -0.39 is 12.6 Å². The molecule has 7 heteroatoms. The maximum Gasteiger partial charge on any atom is 0.389 e. The normalized spacial score (nSPS) is 13.8. The molecule has 1 nitrogen and oxygen atoms in total. The lowest BCUT2D eigenvalue weighted by atomic mass is 10.1. The molecule has 1 rings (SSSR count). The average molecular weight is 423 g/mol. The van der Waals surface area contributed by atoms with E-state index in [0.29, 0.717) is 6.42 Å². The van der Waals surface area contributed by atoms with Gasteiger partial charge in [-0.05, 0) is 63.7 Å². The molecular weight excluding hydrogens is 407 g/mol. The van der Waals surface area contributed by atoms with Crippen LogP contribution in [-0.4, -0.2) is 12.7 Å². The molecule has 0 radical (unpaired) electrons. The fourth-order valence-electron chi connectivity index (χ4n) is 1.71. The summed E-state index contributed by atoms with van der Waals surface area (Å²) in [4.78, 5) is 1.06. The Hall–Kier alpha value is 0.410. The molecule has 0 fully saturated rings. The molecule has 0 amide bonds. The van der Waals surface area contributed by atoms with Crippen LogP contribution in [0.3, 0.4) is 0 Å². The summed E-state index contributed by atoms with van der Waals surface area (Å²) in [7, 11) is 0. The molecule has 1 heterocycles. The van der Waals surface area contributed by atoms with E-state index in [1.165, 1.54) is 0 Å². The SMILES string of the molecule is CCCNC(CCCC(F)(F)F)c1cc(Br)c(Br)s1. The Morgan fingerprint density at radius 3 is 2.53 bits per heavy atom. The molecular formula is C12H16Br2F3NS. The second-order valence-electron chi connectivity index (χ2n) is 4.28. The second kappa shape index (κ2) is 8.00. The van der Waals surface area contributed by atoms with E-state index in [-0.39, 0.29) is 12.5 Å². The number of nitrogens with one attached hydrogen (secondary N) is 1. The summed E-state index contributed by atoms with van der Waals surface area (Å²) in [5, 5.41) is 3.31. The Morgan fingerprint density at radius 2 is 2.05 bits per heavy atom. The highest BCUT2D eigenvalue weighted by molar-refractivity contribution is 9.13. The van der Waals surface area contributed by atoms with Gasteiger partial charge in [0.05, 0.1) is 3.79 Å². The van der Waals surface area contributed by atoms with Crippen molar-refractivity contribution in [3.05, 3.63) is 19.2 Å². The minimum Gasteiger partial charge on any atom is -0.309 e. The smallest absolute Gasteiger partial charge is 0.309 e. The third-order valence-electron chi connectivity index (χ3n) is 2.60. The molecule has 0 bridgehead atoms. The van der Waals surface area contributed by atoms with Crippen molar-refractivity contribution in [1.82, 2.24) is 5.32 Å². The molecule has 0 aliphatic rings. The van der Waals surface area contributed by atoms with Gasteiger partial charge in [0.15, 0.2) is 0 Å². The third kappa shape index (κ3) is 6.60. The van der Waals surface area contributed by atoms with E-state index in [1.807, 2.05) is 13.0 Å². The van der Waals surface area contributed by atoms with E-state index in [1.54, 1.807) is 11.3 Å². The molecule has 0 aliphatic heterocycles. The Bertz CT molecular complexity index is 373. The highest BCUT2D eigenvalue weighted by atomic mass is 79.9. The Morgan fingerprint density at radius 1 is 1.37 bits per heavy atom. The summed E-state index contributed by atoms with van der Waals surface area (Å²) >= 11 is 8.38. The summed E-state index contributed by atoms with van der Waals surface area (Å²) in [6.45, 7) is 2.85. The Kier molecular flexibility index (Phi) is 7.35. The third-order valence-corrected chi connectivity index (χ3v) is 5.97. The first-order valence-corrected chi connectivity index (χ1v) is 8.48. The van der Waals surface area contributed by atoms with E-state index in [2.05, 4.69) is 37.2 Å². The molecule has 1 atom stereocenters.